The fourth-order valence-electron chi connectivity index (χ4n) is 0.430. The van der Waals surface area contributed by atoms with Crippen molar-refractivity contribution >= 4 is 43.0 Å². The number of halogens is 2. The molecule has 0 unspecified atom stereocenters. The molecule has 0 spiro atoms. The Bertz CT molecular complexity index is 188. The molecule has 60 valence electrons. The number of hydrogen-bond donors (Lipinski definition) is 0. The molecule has 11 heavy (non-hydrogen) atoms. The van der Waals surface area contributed by atoms with Crippen LogP contribution >= 0.6 is 11.3 Å². The van der Waals surface area contributed by atoms with E-state index in [4.69, 9.17) is 0 Å². The van der Waals surface area contributed by atoms with Crippen molar-refractivity contribution in [2.24, 2.45) is 0 Å². The summed E-state index contributed by atoms with van der Waals surface area (Å²) < 4.78 is 0. The van der Waals surface area contributed by atoms with Crippen molar-refractivity contribution in [1.29, 1.82) is 0 Å². The zero-order valence-corrected chi connectivity index (χ0v) is 11.4. The van der Waals surface area contributed by atoms with Crippen LogP contribution in [0, 0.1) is 5.38 Å². The molecule has 1 aromatic rings. The van der Waals surface area contributed by atoms with Gasteiger partial charge >= 0.3 is 0 Å². The molecule has 0 atom stereocenters. The van der Waals surface area contributed by atoms with Crippen LogP contribution in [0.2, 0.25) is 0 Å². The second-order valence-corrected chi connectivity index (χ2v) is 2.35. The molecule has 0 aromatic carbocycles. The van der Waals surface area contributed by atoms with Crippen LogP contribution in [-0.2, 0) is 0 Å². The van der Waals surface area contributed by atoms with E-state index in [9.17, 15) is 4.79 Å². The van der Waals surface area contributed by atoms with E-state index < -0.39 is 0 Å². The summed E-state index contributed by atoms with van der Waals surface area (Å²) in [5, 5.41) is 2.83. The molecule has 0 aliphatic carbocycles. The van der Waals surface area contributed by atoms with E-state index in [1.54, 1.807) is 19.1 Å². The Morgan fingerprint density at radius 2 is 2.09 bits per heavy atom. The van der Waals surface area contributed by atoms with E-state index in [2.05, 4.69) is 5.38 Å². The van der Waals surface area contributed by atoms with E-state index in [0.29, 0.717) is 0 Å². The zero-order valence-electron chi connectivity index (χ0n) is 5.80. The van der Waals surface area contributed by atoms with Gasteiger partial charge in [-0.3, -0.25) is 4.79 Å². The van der Waals surface area contributed by atoms with Crippen molar-refractivity contribution in [2.75, 3.05) is 0 Å². The van der Waals surface area contributed by atoms with Crippen LogP contribution in [0.4, 0.5) is 0 Å². The first-order valence-corrected chi connectivity index (χ1v) is 3.09. The normalized spacial score (nSPS) is 6.64. The molecule has 0 bridgehead atoms. The summed E-state index contributed by atoms with van der Waals surface area (Å²) >= 11 is 1.36. The maximum Gasteiger partial charge on any atom is 0.169 e. The summed E-state index contributed by atoms with van der Waals surface area (Å²) in [7, 11) is 0. The minimum atomic E-state index is 0. The second kappa shape index (κ2) is 8.91. The summed E-state index contributed by atoms with van der Waals surface area (Å²) in [5.74, 6) is 0.122. The van der Waals surface area contributed by atoms with Crippen LogP contribution in [0.5, 0.6) is 0 Å². The average Bonchev–Trinajstić information content (AvgIpc) is 2.12. The molecule has 1 aromatic heterocycles. The summed E-state index contributed by atoms with van der Waals surface area (Å²) in [6.45, 7) is 1.56. The van der Waals surface area contributed by atoms with Crippen molar-refractivity contribution in [3.05, 3.63) is 22.4 Å². The molecule has 1 rings (SSSR count). The standard InChI is InChI=1S/C6H5OS.2ClH.In/c1-5(7)6-3-2-4-8-6;;;/h2-3H,1H3;2*1H;/p-2. The molecular formula is C6H5Cl2InOS-2. The fourth-order valence-corrected chi connectivity index (χ4v) is 0.973. The molecule has 0 fully saturated rings. The molecule has 0 aliphatic heterocycles. The zero-order chi connectivity index (χ0) is 5.98. The van der Waals surface area contributed by atoms with Crippen molar-refractivity contribution < 1.29 is 29.6 Å². The summed E-state index contributed by atoms with van der Waals surface area (Å²) in [5.41, 5.74) is 0. The Labute approximate surface area is 101 Å². The van der Waals surface area contributed by atoms with Crippen LogP contribution in [-0.4, -0.2) is 31.6 Å². The van der Waals surface area contributed by atoms with Gasteiger partial charge in [0.25, 0.3) is 0 Å². The quantitative estimate of drug-likeness (QED) is 0.477. The molecule has 0 saturated heterocycles. The van der Waals surface area contributed by atoms with Crippen LogP contribution in [0.1, 0.15) is 16.6 Å². The maximum absolute atomic E-state index is 10.5. The van der Waals surface area contributed by atoms with Gasteiger partial charge in [-0.1, -0.05) is 0 Å². The van der Waals surface area contributed by atoms with Crippen LogP contribution < -0.4 is 24.8 Å². The summed E-state index contributed by atoms with van der Waals surface area (Å²) in [4.78, 5) is 11.3. The van der Waals surface area contributed by atoms with E-state index in [1.165, 1.54) is 11.3 Å². The van der Waals surface area contributed by atoms with E-state index in [0.717, 1.165) is 4.88 Å². The van der Waals surface area contributed by atoms with Crippen molar-refractivity contribution in [2.45, 2.75) is 6.92 Å². The van der Waals surface area contributed by atoms with Gasteiger partial charge in [0.1, 0.15) is 0 Å². The van der Waals surface area contributed by atoms with Crippen LogP contribution in [0.3, 0.4) is 0 Å². The number of Topliss-reactive ketones (excluding diaryl/α,β-unsaturated/α-hetero) is 1. The van der Waals surface area contributed by atoms with Gasteiger partial charge in [-0.2, -0.15) is 0 Å². The Morgan fingerprint density at radius 3 is 2.27 bits per heavy atom. The third-order valence-electron chi connectivity index (χ3n) is 0.819. The Balaban J connectivity index is -0.000000213. The Kier molecular flexibility index (Phi) is 14.4. The summed E-state index contributed by atoms with van der Waals surface area (Å²) in [6.07, 6.45) is 0. The van der Waals surface area contributed by atoms with Gasteiger partial charge in [0.2, 0.25) is 0 Å². The number of carbonyl (C=O) groups is 1. The third kappa shape index (κ3) is 6.02. The number of rotatable bonds is 1. The smallest absolute Gasteiger partial charge is 0.169 e. The largest absolute Gasteiger partial charge is 1.00 e. The predicted molar refractivity (Wildman–Crippen MR) is 38.9 cm³/mol. The molecule has 5 heteroatoms. The number of ketones is 1. The monoisotopic (exact) mass is 310 g/mol. The molecule has 0 aliphatic rings. The second-order valence-electron chi connectivity index (χ2n) is 1.47. The van der Waals surface area contributed by atoms with Gasteiger partial charge in [-0.15, -0.1) is 11.3 Å². The first-order chi connectivity index (χ1) is 3.80. The Hall–Kier alpha value is 0.820. The molecule has 0 amide bonds. The van der Waals surface area contributed by atoms with Crippen molar-refractivity contribution in [1.82, 2.24) is 0 Å². The van der Waals surface area contributed by atoms with E-state index >= 15 is 0 Å². The van der Waals surface area contributed by atoms with E-state index in [1.807, 2.05) is 0 Å². The minimum Gasteiger partial charge on any atom is -1.00 e. The van der Waals surface area contributed by atoms with Gasteiger partial charge in [0.05, 0.1) is 4.88 Å². The maximum atomic E-state index is 10.5. The number of thiophene rings is 1. The van der Waals surface area contributed by atoms with Gasteiger partial charge < -0.3 is 24.8 Å². The predicted octanol–water partition coefficient (Wildman–Crippen LogP) is -4.62. The molecule has 4 radical (unpaired) electrons. The molecule has 0 N–H and O–H groups in total. The van der Waals surface area contributed by atoms with E-state index in [-0.39, 0.29) is 56.4 Å². The van der Waals surface area contributed by atoms with Gasteiger partial charge in [-0.05, 0) is 19.1 Å². The van der Waals surface area contributed by atoms with Gasteiger partial charge in [-0.25, -0.2) is 0 Å². The SMILES string of the molecule is CC(=O)c1cc[c]s1.[Cl-].[Cl-].[In]. The van der Waals surface area contributed by atoms with Crippen molar-refractivity contribution in [3.63, 3.8) is 0 Å². The molecule has 1 nitrogen and oxygen atoms in total. The van der Waals surface area contributed by atoms with Crippen molar-refractivity contribution in [3.8, 4) is 0 Å². The van der Waals surface area contributed by atoms with Crippen LogP contribution in [0.25, 0.3) is 0 Å². The minimum absolute atomic E-state index is 0. The fraction of sp³-hybridized carbons (Fsp3) is 0.167. The number of carbonyl (C=O) groups excluding carboxylic acids is 1. The van der Waals surface area contributed by atoms with Gasteiger partial charge in [0.15, 0.2) is 5.78 Å². The summed E-state index contributed by atoms with van der Waals surface area (Å²) in [6, 6.07) is 3.52. The topological polar surface area (TPSA) is 17.1 Å². The average molecular weight is 311 g/mol. The first kappa shape index (κ1) is 17.8. The van der Waals surface area contributed by atoms with Gasteiger partial charge in [0, 0.05) is 31.2 Å². The molecular weight excluding hydrogens is 306 g/mol. The molecule has 1 heterocycles. The third-order valence-corrected chi connectivity index (χ3v) is 1.72. The molecule has 0 saturated carbocycles. The Morgan fingerprint density at radius 1 is 1.55 bits per heavy atom. The number of hydrogen-bond acceptors (Lipinski definition) is 2. The van der Waals surface area contributed by atoms with Crippen LogP contribution in [0.15, 0.2) is 12.1 Å². The first-order valence-electron chi connectivity index (χ1n) is 2.27.